The van der Waals surface area contributed by atoms with E-state index >= 15 is 0 Å². The fourth-order valence-corrected chi connectivity index (χ4v) is 3.55. The maximum absolute atomic E-state index is 2.65. The van der Waals surface area contributed by atoms with Crippen molar-refractivity contribution in [1.29, 1.82) is 0 Å². The highest BCUT2D eigenvalue weighted by Crippen LogP contribution is 2.56. The molecule has 0 spiro atoms. The topological polar surface area (TPSA) is 3.01 Å². The van der Waals surface area contributed by atoms with Crippen molar-refractivity contribution in [1.82, 2.24) is 4.90 Å². The maximum Gasteiger partial charge on any atom is 0.0519 e. The van der Waals surface area contributed by atoms with Crippen LogP contribution in [0.2, 0.25) is 0 Å². The van der Waals surface area contributed by atoms with Gasteiger partial charge in [-0.2, -0.15) is 0 Å². The Morgan fingerprint density at radius 2 is 1.72 bits per heavy atom. The van der Waals surface area contributed by atoms with Crippen LogP contribution >= 0.6 is 0 Å². The monoisotopic (exact) mass is 235 g/mol. The summed E-state index contributed by atoms with van der Waals surface area (Å²) in [6.45, 7) is 2.33. The highest BCUT2D eigenvalue weighted by Gasteiger charge is 2.55. The van der Waals surface area contributed by atoms with E-state index in [-0.39, 0.29) is 0 Å². The van der Waals surface area contributed by atoms with Crippen LogP contribution < -0.4 is 0 Å². The van der Waals surface area contributed by atoms with Crippen molar-refractivity contribution in [3.63, 3.8) is 0 Å². The van der Waals surface area contributed by atoms with Gasteiger partial charge in [0.25, 0.3) is 0 Å². The number of fused-ring (bicyclic) bond motifs is 3. The second kappa shape index (κ2) is 3.69. The molecule has 1 saturated heterocycles. The predicted molar refractivity (Wildman–Crippen MR) is 73.4 cm³/mol. The smallest absolute Gasteiger partial charge is 0.0519 e. The molecule has 0 N–H and O–H groups in total. The van der Waals surface area contributed by atoms with Crippen LogP contribution in [0, 0.1) is 0 Å². The normalized spacial score (nSPS) is 29.5. The summed E-state index contributed by atoms with van der Waals surface area (Å²) in [6, 6.07) is 21.7. The fourth-order valence-electron chi connectivity index (χ4n) is 3.55. The van der Waals surface area contributed by atoms with Crippen LogP contribution in [0.3, 0.4) is 0 Å². The Labute approximate surface area is 108 Å². The molecular weight excluding hydrogens is 218 g/mol. The fraction of sp³-hybridized carbons (Fsp3) is 0.294. The van der Waals surface area contributed by atoms with Crippen LogP contribution in [0.1, 0.15) is 35.7 Å². The van der Waals surface area contributed by atoms with Gasteiger partial charge >= 0.3 is 0 Å². The average Bonchev–Trinajstić information content (AvgIpc) is 3.01. The van der Waals surface area contributed by atoms with Gasteiger partial charge in [0.15, 0.2) is 0 Å². The summed E-state index contributed by atoms with van der Waals surface area (Å²) in [4.78, 5) is 2.65. The lowest BCUT2D eigenvalue weighted by Gasteiger charge is -2.18. The second-order valence-corrected chi connectivity index (χ2v) is 5.45. The molecule has 0 saturated carbocycles. The number of hydrogen-bond acceptors (Lipinski definition) is 1. The molecular formula is C17H17N. The van der Waals surface area contributed by atoms with E-state index in [1.165, 1.54) is 12.0 Å². The molecule has 0 radical (unpaired) electrons. The van der Waals surface area contributed by atoms with Crippen LogP contribution in [-0.4, -0.2) is 10.9 Å². The van der Waals surface area contributed by atoms with E-state index in [9.17, 15) is 0 Å². The zero-order valence-corrected chi connectivity index (χ0v) is 10.6. The minimum atomic E-state index is 0.537. The Morgan fingerprint density at radius 3 is 2.56 bits per heavy atom. The number of rotatable bonds is 2. The van der Waals surface area contributed by atoms with Crippen LogP contribution in [0.25, 0.3) is 0 Å². The molecule has 0 aromatic heterocycles. The Bertz CT molecular complexity index is 573. The van der Waals surface area contributed by atoms with Crippen molar-refractivity contribution in [2.75, 3.05) is 0 Å². The number of benzene rings is 2. The lowest BCUT2D eigenvalue weighted by Crippen LogP contribution is -2.12. The first kappa shape index (κ1) is 10.3. The highest BCUT2D eigenvalue weighted by molar-refractivity contribution is 5.43. The van der Waals surface area contributed by atoms with Gasteiger partial charge in [0, 0.05) is 12.1 Å². The van der Waals surface area contributed by atoms with Crippen molar-refractivity contribution in [3.8, 4) is 0 Å². The van der Waals surface area contributed by atoms with Gasteiger partial charge < -0.3 is 0 Å². The Kier molecular flexibility index (Phi) is 2.12. The molecule has 4 atom stereocenters. The molecule has 18 heavy (non-hydrogen) atoms. The molecule has 0 amide bonds. The van der Waals surface area contributed by atoms with Gasteiger partial charge in [0.1, 0.15) is 0 Å². The first-order valence-corrected chi connectivity index (χ1v) is 6.76. The van der Waals surface area contributed by atoms with E-state index in [0.717, 1.165) is 6.04 Å². The van der Waals surface area contributed by atoms with Gasteiger partial charge in [-0.25, -0.2) is 0 Å². The molecule has 1 heterocycles. The molecule has 4 rings (SSSR count). The third kappa shape index (κ3) is 1.37. The maximum atomic E-state index is 2.65. The molecule has 0 bridgehead atoms. The minimum Gasteiger partial charge on any atom is -0.283 e. The molecule has 1 heteroatoms. The standard InChI is InChI=1S/C17H17N/c1-12(13-7-3-2-4-8-13)18-16-11-14-9-5-6-10-15(14)17(16)18/h2-10,12,16-17H,11H2,1H3. The van der Waals surface area contributed by atoms with Gasteiger partial charge in [-0.1, -0.05) is 54.6 Å². The molecule has 2 aromatic rings. The SMILES string of the molecule is CC(c1ccccc1)N1C2Cc3ccccc3C21. The van der Waals surface area contributed by atoms with E-state index in [2.05, 4.69) is 66.4 Å². The van der Waals surface area contributed by atoms with Crippen molar-refractivity contribution < 1.29 is 0 Å². The van der Waals surface area contributed by atoms with Crippen LogP contribution in [0.15, 0.2) is 54.6 Å². The van der Waals surface area contributed by atoms with Crippen LogP contribution in [0.4, 0.5) is 0 Å². The first-order chi connectivity index (χ1) is 8.86. The largest absolute Gasteiger partial charge is 0.283 e. The molecule has 1 fully saturated rings. The lowest BCUT2D eigenvalue weighted by molar-refractivity contribution is 0.375. The number of hydrogen-bond donors (Lipinski definition) is 0. The van der Waals surface area contributed by atoms with E-state index in [1.54, 1.807) is 11.1 Å². The minimum absolute atomic E-state index is 0.537. The van der Waals surface area contributed by atoms with Crippen molar-refractivity contribution >= 4 is 0 Å². The quantitative estimate of drug-likeness (QED) is 0.717. The molecule has 90 valence electrons. The van der Waals surface area contributed by atoms with Gasteiger partial charge in [-0.3, -0.25) is 4.90 Å². The Balaban J connectivity index is 1.62. The predicted octanol–water partition coefficient (Wildman–Crippen LogP) is 3.73. The van der Waals surface area contributed by atoms with Crippen molar-refractivity contribution in [2.45, 2.75) is 31.5 Å². The van der Waals surface area contributed by atoms with Crippen molar-refractivity contribution in [2.24, 2.45) is 0 Å². The molecule has 1 nitrogen and oxygen atoms in total. The molecule has 2 aliphatic rings. The van der Waals surface area contributed by atoms with Gasteiger partial charge in [0.2, 0.25) is 0 Å². The second-order valence-electron chi connectivity index (χ2n) is 5.45. The van der Waals surface area contributed by atoms with E-state index in [4.69, 9.17) is 0 Å². The Morgan fingerprint density at radius 1 is 1.00 bits per heavy atom. The van der Waals surface area contributed by atoms with E-state index in [0.29, 0.717) is 12.1 Å². The van der Waals surface area contributed by atoms with Gasteiger partial charge in [0.05, 0.1) is 6.04 Å². The molecule has 1 aliphatic heterocycles. The summed E-state index contributed by atoms with van der Waals surface area (Å²) in [6.07, 6.45) is 1.23. The van der Waals surface area contributed by atoms with Crippen LogP contribution in [-0.2, 0) is 6.42 Å². The summed E-state index contributed by atoms with van der Waals surface area (Å²) in [5, 5.41) is 0. The van der Waals surface area contributed by atoms with E-state index < -0.39 is 0 Å². The Hall–Kier alpha value is -1.60. The molecule has 4 unspecified atom stereocenters. The highest BCUT2D eigenvalue weighted by atomic mass is 15.4. The average molecular weight is 235 g/mol. The summed E-state index contributed by atoms with van der Waals surface area (Å²) in [7, 11) is 0. The third-order valence-corrected chi connectivity index (χ3v) is 4.51. The van der Waals surface area contributed by atoms with Gasteiger partial charge in [-0.05, 0) is 30.0 Å². The third-order valence-electron chi connectivity index (χ3n) is 4.51. The summed E-state index contributed by atoms with van der Waals surface area (Å²) >= 11 is 0. The van der Waals surface area contributed by atoms with E-state index in [1.807, 2.05) is 0 Å². The lowest BCUT2D eigenvalue weighted by atomic mass is 10.1. The first-order valence-electron chi connectivity index (χ1n) is 6.76. The van der Waals surface area contributed by atoms with Crippen LogP contribution in [0.5, 0.6) is 0 Å². The molecule has 1 aliphatic carbocycles. The van der Waals surface area contributed by atoms with Gasteiger partial charge in [-0.15, -0.1) is 0 Å². The summed E-state index contributed by atoms with van der Waals surface area (Å²) < 4.78 is 0. The summed E-state index contributed by atoms with van der Waals surface area (Å²) in [5.74, 6) is 0. The number of nitrogens with zero attached hydrogens (tertiary/aromatic N) is 1. The summed E-state index contributed by atoms with van der Waals surface area (Å²) in [5.41, 5.74) is 4.55. The zero-order chi connectivity index (χ0) is 12.1. The molecule has 2 aromatic carbocycles. The van der Waals surface area contributed by atoms with Crippen molar-refractivity contribution in [3.05, 3.63) is 71.3 Å². The zero-order valence-electron chi connectivity index (χ0n) is 10.6.